The number of carbonyl (C=O) groups is 7. The highest BCUT2D eigenvalue weighted by Gasteiger charge is 2.35. The molecule has 1 heterocycles. The topological polar surface area (TPSA) is 256 Å². The Kier molecular flexibility index (Phi) is 18.1. The minimum absolute atomic E-state index is 0.0211. The zero-order chi connectivity index (χ0) is 45.3. The van der Waals surface area contributed by atoms with E-state index in [9.17, 15) is 48.9 Å². The molecule has 3 aromatic rings. The predicted molar refractivity (Wildman–Crippen MR) is 230 cm³/mol. The number of hydrogen-bond acceptors (Lipinski definition) is 9. The van der Waals surface area contributed by atoms with E-state index in [1.807, 2.05) is 0 Å². The molecule has 334 valence electrons. The zero-order valence-electron chi connectivity index (χ0n) is 35.6. The van der Waals surface area contributed by atoms with Gasteiger partial charge in [-0.25, -0.2) is 9.59 Å². The van der Waals surface area contributed by atoms with Gasteiger partial charge in [0.2, 0.25) is 29.5 Å². The minimum atomic E-state index is -1.33. The number of aliphatic carboxylic acids is 1. The summed E-state index contributed by atoms with van der Waals surface area (Å²) in [7, 11) is 1.41. The van der Waals surface area contributed by atoms with Crippen LogP contribution in [0.25, 0.3) is 0 Å². The number of hydrogen-bond donors (Lipinski definition) is 9. The number of nitrogens with one attached hydrogen (secondary N) is 6. The van der Waals surface area contributed by atoms with Crippen LogP contribution in [0.2, 0.25) is 0 Å². The van der Waals surface area contributed by atoms with Crippen molar-refractivity contribution >= 4 is 41.5 Å². The van der Waals surface area contributed by atoms with Crippen LogP contribution in [0, 0.1) is 5.92 Å². The molecule has 7 amide bonds. The second kappa shape index (κ2) is 23.4. The normalized spacial score (nSPS) is 21.5. The summed E-state index contributed by atoms with van der Waals surface area (Å²) in [6.07, 6.45) is 1.55. The fourth-order valence-corrected chi connectivity index (χ4v) is 6.91. The van der Waals surface area contributed by atoms with E-state index in [-0.39, 0.29) is 50.1 Å². The number of carboxylic acid groups (broad SMARTS) is 1. The SMILES string of the molecule is CC(C)[C@H]1NC(=O)[C@@H](NC(=O)N[C@@H](Cc2ccccc2)C(=O)O)CCCCNC(=O)[C@H](CCc2ccc(O)cc2)NC(=O)[C@@H](C)N(C)C(=O)[C@@H](CCc2ccc(O)cc2)NC1=O. The van der Waals surface area contributed by atoms with Crippen molar-refractivity contribution in [3.05, 3.63) is 95.6 Å². The van der Waals surface area contributed by atoms with Gasteiger partial charge in [0.05, 0.1) is 0 Å². The Bertz CT molecular complexity index is 2000. The van der Waals surface area contributed by atoms with Crippen LogP contribution in [0.3, 0.4) is 0 Å². The summed E-state index contributed by atoms with van der Waals surface area (Å²) in [5, 5.41) is 45.6. The van der Waals surface area contributed by atoms with E-state index in [1.54, 1.807) is 68.4 Å². The molecule has 0 radical (unpaired) electrons. The first kappa shape index (κ1) is 48.0. The summed E-state index contributed by atoms with van der Waals surface area (Å²) in [4.78, 5) is 96.3. The highest BCUT2D eigenvalue weighted by molar-refractivity contribution is 5.96. The Morgan fingerprint density at radius 1 is 0.726 bits per heavy atom. The predicted octanol–water partition coefficient (Wildman–Crippen LogP) is 2.28. The van der Waals surface area contributed by atoms with Gasteiger partial charge in [-0.1, -0.05) is 68.4 Å². The molecule has 17 nitrogen and oxygen atoms in total. The first-order valence-corrected chi connectivity index (χ1v) is 20.9. The smallest absolute Gasteiger partial charge is 0.326 e. The Labute approximate surface area is 361 Å². The molecular formula is C45H59N7O10. The average molecular weight is 858 g/mol. The third-order valence-corrected chi connectivity index (χ3v) is 10.8. The van der Waals surface area contributed by atoms with Crippen molar-refractivity contribution in [2.45, 2.75) is 108 Å². The summed E-state index contributed by atoms with van der Waals surface area (Å²) in [6, 6.07) is 13.5. The number of phenols is 2. The van der Waals surface area contributed by atoms with Gasteiger partial charge in [0, 0.05) is 20.0 Å². The van der Waals surface area contributed by atoms with E-state index in [2.05, 4.69) is 31.9 Å². The second-order valence-electron chi connectivity index (χ2n) is 15.9. The van der Waals surface area contributed by atoms with Gasteiger partial charge in [-0.2, -0.15) is 0 Å². The average Bonchev–Trinajstić information content (AvgIpc) is 3.24. The van der Waals surface area contributed by atoms with Gasteiger partial charge < -0.3 is 52.1 Å². The molecule has 9 N–H and O–H groups in total. The first-order valence-electron chi connectivity index (χ1n) is 20.9. The molecule has 1 aliphatic heterocycles. The number of carbonyl (C=O) groups excluding carboxylic acids is 6. The van der Waals surface area contributed by atoms with Crippen molar-refractivity contribution in [2.24, 2.45) is 5.92 Å². The lowest BCUT2D eigenvalue weighted by atomic mass is 9.99. The van der Waals surface area contributed by atoms with E-state index >= 15 is 0 Å². The maximum atomic E-state index is 14.2. The van der Waals surface area contributed by atoms with Crippen LogP contribution in [0.5, 0.6) is 11.5 Å². The van der Waals surface area contributed by atoms with Gasteiger partial charge >= 0.3 is 12.0 Å². The molecule has 1 saturated heterocycles. The highest BCUT2D eigenvalue weighted by Crippen LogP contribution is 2.16. The van der Waals surface area contributed by atoms with Crippen LogP contribution in [0.4, 0.5) is 4.79 Å². The van der Waals surface area contributed by atoms with Crippen LogP contribution in [-0.2, 0) is 48.0 Å². The molecule has 3 aromatic carbocycles. The monoisotopic (exact) mass is 857 g/mol. The number of urea groups is 1. The number of benzene rings is 3. The van der Waals surface area contributed by atoms with Gasteiger partial charge in [-0.05, 0) is 98.7 Å². The summed E-state index contributed by atoms with van der Waals surface area (Å²) < 4.78 is 0. The molecular weight excluding hydrogens is 799 g/mol. The van der Waals surface area contributed by atoms with Crippen molar-refractivity contribution in [1.29, 1.82) is 0 Å². The molecule has 0 aliphatic carbocycles. The van der Waals surface area contributed by atoms with Gasteiger partial charge in [0.1, 0.15) is 47.8 Å². The maximum Gasteiger partial charge on any atom is 0.326 e. The van der Waals surface area contributed by atoms with Crippen LogP contribution in [0.1, 0.15) is 69.6 Å². The van der Waals surface area contributed by atoms with Crippen LogP contribution in [-0.4, -0.2) is 112 Å². The van der Waals surface area contributed by atoms with Crippen molar-refractivity contribution in [3.8, 4) is 11.5 Å². The molecule has 0 bridgehead atoms. The zero-order valence-corrected chi connectivity index (χ0v) is 35.6. The number of likely N-dealkylation sites (N-methyl/N-ethyl adjacent to an activating group) is 1. The van der Waals surface area contributed by atoms with E-state index in [0.29, 0.717) is 24.8 Å². The molecule has 0 unspecified atom stereocenters. The Morgan fingerprint density at radius 2 is 1.29 bits per heavy atom. The van der Waals surface area contributed by atoms with E-state index < -0.39 is 83.7 Å². The maximum absolute atomic E-state index is 14.2. The Hall–Kier alpha value is -6.65. The number of phenolic OH excluding ortho intramolecular Hbond substituents is 2. The molecule has 62 heavy (non-hydrogen) atoms. The Morgan fingerprint density at radius 3 is 1.85 bits per heavy atom. The van der Waals surface area contributed by atoms with Gasteiger partial charge in [0.25, 0.3) is 0 Å². The number of aryl methyl sites for hydroxylation is 2. The van der Waals surface area contributed by atoms with E-state index in [0.717, 1.165) is 11.1 Å². The molecule has 4 rings (SSSR count). The lowest BCUT2D eigenvalue weighted by molar-refractivity contribution is -0.142. The number of amides is 7. The lowest BCUT2D eigenvalue weighted by Gasteiger charge is -2.31. The molecule has 1 aliphatic rings. The molecule has 0 aromatic heterocycles. The molecule has 0 spiro atoms. The summed E-state index contributed by atoms with van der Waals surface area (Å²) >= 11 is 0. The quantitative estimate of drug-likeness (QED) is 0.129. The third-order valence-electron chi connectivity index (χ3n) is 10.8. The van der Waals surface area contributed by atoms with Crippen molar-refractivity contribution < 1.29 is 48.9 Å². The summed E-state index contributed by atoms with van der Waals surface area (Å²) in [5.74, 6) is -4.79. The van der Waals surface area contributed by atoms with Gasteiger partial charge in [0.15, 0.2) is 0 Å². The second-order valence-corrected chi connectivity index (χ2v) is 15.9. The Balaban J connectivity index is 1.62. The fourth-order valence-electron chi connectivity index (χ4n) is 6.91. The first-order chi connectivity index (χ1) is 29.5. The lowest BCUT2D eigenvalue weighted by Crippen LogP contribution is -2.60. The van der Waals surface area contributed by atoms with E-state index in [1.165, 1.54) is 43.1 Å². The largest absolute Gasteiger partial charge is 0.508 e. The number of nitrogens with zero attached hydrogens (tertiary/aromatic N) is 1. The fraction of sp³-hybridized carbons (Fsp3) is 0.444. The van der Waals surface area contributed by atoms with Crippen molar-refractivity contribution in [2.75, 3.05) is 13.6 Å². The number of carboxylic acids is 1. The standard InChI is InChI=1S/C45H59N7O10/c1-27(2)38-42(58)48-36(24-18-30-15-21-33(54)22-16-30)43(59)52(4)28(3)39(55)47-35(23-17-29-13-19-32(53)20-14-29)40(56)46-25-9-8-12-34(41(57)51-38)49-45(62)50-37(44(60)61)26-31-10-6-5-7-11-31/h5-7,10-11,13-16,19-22,27-28,34-38,53-54H,8-9,12,17-18,23-26H2,1-4H3,(H,46,56)(H,47,55)(H,48,58)(H,51,57)(H,60,61)(H2,49,50,62)/t28-,34+,35+,36-,37+,38-/m1/s1. The van der Waals surface area contributed by atoms with E-state index in [4.69, 9.17) is 0 Å². The van der Waals surface area contributed by atoms with Gasteiger partial charge in [-0.3, -0.25) is 24.0 Å². The molecule has 6 atom stereocenters. The molecule has 17 heteroatoms. The highest BCUT2D eigenvalue weighted by atomic mass is 16.4. The summed E-state index contributed by atoms with van der Waals surface area (Å²) in [5.41, 5.74) is 2.23. The van der Waals surface area contributed by atoms with Crippen molar-refractivity contribution in [1.82, 2.24) is 36.8 Å². The molecule has 0 saturated carbocycles. The minimum Gasteiger partial charge on any atom is -0.508 e. The molecule has 1 fully saturated rings. The van der Waals surface area contributed by atoms with Crippen LogP contribution in [0.15, 0.2) is 78.9 Å². The van der Waals surface area contributed by atoms with Crippen molar-refractivity contribution in [3.63, 3.8) is 0 Å². The number of rotatable bonds is 12. The third kappa shape index (κ3) is 14.8. The summed E-state index contributed by atoms with van der Waals surface area (Å²) in [6.45, 7) is 5.03. The van der Waals surface area contributed by atoms with Gasteiger partial charge in [-0.15, -0.1) is 0 Å². The van der Waals surface area contributed by atoms with Crippen LogP contribution < -0.4 is 31.9 Å². The number of aromatic hydroxyl groups is 2. The van der Waals surface area contributed by atoms with Crippen LogP contribution >= 0.6 is 0 Å².